The summed E-state index contributed by atoms with van der Waals surface area (Å²) in [5.41, 5.74) is 3.08. The van der Waals surface area contributed by atoms with Gasteiger partial charge in [-0.3, -0.25) is 0 Å². The van der Waals surface area contributed by atoms with Crippen LogP contribution >= 0.6 is 11.3 Å². The van der Waals surface area contributed by atoms with E-state index in [2.05, 4.69) is 43.7 Å². The maximum atomic E-state index is 2.50. The second-order valence-corrected chi connectivity index (χ2v) is 5.81. The number of hydrogen-bond acceptors (Lipinski definition) is 1. The van der Waals surface area contributed by atoms with Crippen LogP contribution in [0, 0.1) is 11.8 Å². The van der Waals surface area contributed by atoms with Gasteiger partial charge >= 0.3 is 0 Å². The van der Waals surface area contributed by atoms with E-state index in [0.717, 1.165) is 5.92 Å². The SMILES string of the molecule is CC(=CC1CC1)C(c1ccsc1)C(C)C. The lowest BCUT2D eigenvalue weighted by molar-refractivity contribution is 0.554. The van der Waals surface area contributed by atoms with Gasteiger partial charge in [0.2, 0.25) is 0 Å². The number of allylic oxidation sites excluding steroid dienone is 2. The van der Waals surface area contributed by atoms with Crippen LogP contribution in [0.5, 0.6) is 0 Å². The third-order valence-electron chi connectivity index (χ3n) is 3.18. The van der Waals surface area contributed by atoms with Crippen LogP contribution in [0.15, 0.2) is 28.5 Å². The molecule has 1 aromatic heterocycles. The summed E-state index contributed by atoms with van der Waals surface area (Å²) >= 11 is 1.81. The molecule has 1 fully saturated rings. The van der Waals surface area contributed by atoms with E-state index in [-0.39, 0.29) is 0 Å². The molecule has 0 nitrogen and oxygen atoms in total. The van der Waals surface area contributed by atoms with Crippen molar-refractivity contribution >= 4 is 11.3 Å². The van der Waals surface area contributed by atoms with Crippen molar-refractivity contribution in [3.63, 3.8) is 0 Å². The Morgan fingerprint density at radius 3 is 2.67 bits per heavy atom. The van der Waals surface area contributed by atoms with Crippen LogP contribution in [0.3, 0.4) is 0 Å². The van der Waals surface area contributed by atoms with E-state index in [0.29, 0.717) is 11.8 Å². The van der Waals surface area contributed by atoms with Gasteiger partial charge in [0, 0.05) is 5.92 Å². The van der Waals surface area contributed by atoms with Crippen LogP contribution in [0.4, 0.5) is 0 Å². The van der Waals surface area contributed by atoms with Crippen molar-refractivity contribution in [2.24, 2.45) is 11.8 Å². The molecule has 1 heteroatoms. The number of hydrogen-bond donors (Lipinski definition) is 0. The molecule has 15 heavy (non-hydrogen) atoms. The predicted molar refractivity (Wildman–Crippen MR) is 68.4 cm³/mol. The largest absolute Gasteiger partial charge is 0.152 e. The van der Waals surface area contributed by atoms with E-state index in [1.54, 1.807) is 5.57 Å². The maximum absolute atomic E-state index is 2.50. The Hall–Kier alpha value is -0.560. The standard InChI is InChI=1S/C14H20S/c1-10(2)14(13-6-7-15-9-13)11(3)8-12-4-5-12/h6-10,12,14H,4-5H2,1-3H3. The van der Waals surface area contributed by atoms with E-state index in [4.69, 9.17) is 0 Å². The van der Waals surface area contributed by atoms with Crippen molar-refractivity contribution in [1.29, 1.82) is 0 Å². The maximum Gasteiger partial charge on any atom is 0.00767 e. The molecule has 2 rings (SSSR count). The molecule has 1 aliphatic rings. The van der Waals surface area contributed by atoms with Crippen molar-refractivity contribution in [2.45, 2.75) is 39.5 Å². The fourth-order valence-electron chi connectivity index (χ4n) is 2.36. The molecule has 0 spiro atoms. The topological polar surface area (TPSA) is 0 Å². The molecular formula is C14H20S. The monoisotopic (exact) mass is 220 g/mol. The van der Waals surface area contributed by atoms with Crippen molar-refractivity contribution in [2.75, 3.05) is 0 Å². The van der Waals surface area contributed by atoms with E-state index in [1.807, 2.05) is 11.3 Å². The molecule has 1 heterocycles. The Kier molecular flexibility index (Phi) is 3.30. The molecule has 1 unspecified atom stereocenters. The van der Waals surface area contributed by atoms with Crippen LogP contribution in [0.1, 0.15) is 45.1 Å². The van der Waals surface area contributed by atoms with Gasteiger partial charge in [0.25, 0.3) is 0 Å². The Labute approximate surface area is 97.0 Å². The summed E-state index contributed by atoms with van der Waals surface area (Å²) < 4.78 is 0. The minimum Gasteiger partial charge on any atom is -0.152 e. The van der Waals surface area contributed by atoms with Crippen LogP contribution in [-0.2, 0) is 0 Å². The molecule has 1 saturated carbocycles. The van der Waals surface area contributed by atoms with Gasteiger partial charge < -0.3 is 0 Å². The van der Waals surface area contributed by atoms with E-state index in [9.17, 15) is 0 Å². The molecule has 0 amide bonds. The van der Waals surface area contributed by atoms with Crippen LogP contribution < -0.4 is 0 Å². The second-order valence-electron chi connectivity index (χ2n) is 5.03. The van der Waals surface area contributed by atoms with Crippen LogP contribution in [0.2, 0.25) is 0 Å². The van der Waals surface area contributed by atoms with Gasteiger partial charge in [-0.15, -0.1) is 0 Å². The minimum atomic E-state index is 0.636. The third kappa shape index (κ3) is 2.72. The summed E-state index contributed by atoms with van der Waals surface area (Å²) in [6.07, 6.45) is 5.32. The molecule has 0 radical (unpaired) electrons. The Balaban J connectivity index is 2.19. The molecule has 1 aromatic rings. The number of rotatable bonds is 4. The zero-order chi connectivity index (χ0) is 10.8. The lowest BCUT2D eigenvalue weighted by atomic mass is 9.84. The minimum absolute atomic E-state index is 0.636. The Morgan fingerprint density at radius 1 is 1.47 bits per heavy atom. The highest BCUT2D eigenvalue weighted by Gasteiger charge is 2.23. The molecule has 1 atom stereocenters. The average Bonchev–Trinajstić information content (AvgIpc) is 2.81. The molecule has 0 aromatic carbocycles. The van der Waals surface area contributed by atoms with Gasteiger partial charge in [-0.1, -0.05) is 25.5 Å². The fraction of sp³-hybridized carbons (Fsp3) is 0.571. The van der Waals surface area contributed by atoms with Gasteiger partial charge in [-0.25, -0.2) is 0 Å². The lowest BCUT2D eigenvalue weighted by Crippen LogP contribution is -2.07. The summed E-state index contributed by atoms with van der Waals surface area (Å²) in [6, 6.07) is 2.28. The van der Waals surface area contributed by atoms with Crippen molar-refractivity contribution in [3.05, 3.63) is 34.0 Å². The summed E-state index contributed by atoms with van der Waals surface area (Å²) in [6.45, 7) is 6.96. The molecule has 1 aliphatic carbocycles. The molecule has 0 N–H and O–H groups in total. The van der Waals surface area contributed by atoms with E-state index in [1.165, 1.54) is 18.4 Å². The molecule has 0 aliphatic heterocycles. The summed E-state index contributed by atoms with van der Waals surface area (Å²) in [5.74, 6) is 2.23. The highest BCUT2D eigenvalue weighted by atomic mass is 32.1. The first kappa shape index (κ1) is 10.9. The third-order valence-corrected chi connectivity index (χ3v) is 3.88. The zero-order valence-electron chi connectivity index (χ0n) is 9.86. The predicted octanol–water partition coefficient (Wildman–Crippen LogP) is 4.84. The number of thiophene rings is 1. The molecule has 82 valence electrons. The van der Waals surface area contributed by atoms with Crippen molar-refractivity contribution in [1.82, 2.24) is 0 Å². The fourth-order valence-corrected chi connectivity index (χ4v) is 3.06. The molecule has 0 bridgehead atoms. The van der Waals surface area contributed by atoms with E-state index < -0.39 is 0 Å². The van der Waals surface area contributed by atoms with Gasteiger partial charge in [0.1, 0.15) is 0 Å². The lowest BCUT2D eigenvalue weighted by Gasteiger charge is -2.21. The van der Waals surface area contributed by atoms with Crippen molar-refractivity contribution < 1.29 is 0 Å². The second kappa shape index (κ2) is 4.52. The zero-order valence-corrected chi connectivity index (χ0v) is 10.7. The molecular weight excluding hydrogens is 200 g/mol. The first-order valence-electron chi connectivity index (χ1n) is 5.89. The normalized spacial score (nSPS) is 19.6. The highest BCUT2D eigenvalue weighted by molar-refractivity contribution is 7.08. The van der Waals surface area contributed by atoms with Crippen LogP contribution in [0.25, 0.3) is 0 Å². The average molecular weight is 220 g/mol. The quantitative estimate of drug-likeness (QED) is 0.637. The Bertz CT molecular complexity index is 328. The molecule has 0 saturated heterocycles. The summed E-state index contributed by atoms with van der Waals surface area (Å²) in [7, 11) is 0. The first-order valence-corrected chi connectivity index (χ1v) is 6.83. The Morgan fingerprint density at radius 2 is 2.20 bits per heavy atom. The van der Waals surface area contributed by atoms with Gasteiger partial charge in [-0.2, -0.15) is 11.3 Å². The smallest absolute Gasteiger partial charge is 0.00767 e. The summed E-state index contributed by atoms with van der Waals surface area (Å²) in [5, 5.41) is 4.49. The van der Waals surface area contributed by atoms with Gasteiger partial charge in [-0.05, 0) is 54.0 Å². The summed E-state index contributed by atoms with van der Waals surface area (Å²) in [4.78, 5) is 0. The van der Waals surface area contributed by atoms with E-state index >= 15 is 0 Å². The van der Waals surface area contributed by atoms with Crippen LogP contribution in [-0.4, -0.2) is 0 Å². The van der Waals surface area contributed by atoms with Crippen molar-refractivity contribution in [3.8, 4) is 0 Å². The first-order chi connectivity index (χ1) is 7.18. The van der Waals surface area contributed by atoms with Gasteiger partial charge in [0.05, 0.1) is 0 Å². The van der Waals surface area contributed by atoms with Gasteiger partial charge in [0.15, 0.2) is 0 Å². The highest BCUT2D eigenvalue weighted by Crippen LogP contribution is 2.38.